The van der Waals surface area contributed by atoms with E-state index in [2.05, 4.69) is 22.0 Å². The fraction of sp³-hybridized carbons (Fsp3) is 0.308. The van der Waals surface area contributed by atoms with Crippen molar-refractivity contribution in [3.8, 4) is 0 Å². The van der Waals surface area contributed by atoms with Crippen LogP contribution in [0.15, 0.2) is 30.5 Å². The Morgan fingerprint density at radius 2 is 2.06 bits per heavy atom. The van der Waals surface area contributed by atoms with Crippen molar-refractivity contribution in [1.29, 1.82) is 0 Å². The molecule has 0 radical (unpaired) electrons. The maximum absolute atomic E-state index is 11.7. The molecule has 1 aliphatic rings. The zero-order chi connectivity index (χ0) is 11.8. The summed E-state index contributed by atoms with van der Waals surface area (Å²) in [5.74, 6) is 0.182. The highest BCUT2D eigenvalue weighted by atomic mass is 16.2. The highest BCUT2D eigenvalue weighted by Gasteiger charge is 2.22. The number of likely N-dealkylation sites (N-methyl/N-ethyl adjacent to an activating group) is 1. The van der Waals surface area contributed by atoms with Crippen LogP contribution in [-0.4, -0.2) is 42.5 Å². The predicted molar refractivity (Wildman–Crippen MR) is 68.1 cm³/mol. The maximum atomic E-state index is 11.7. The zero-order valence-corrected chi connectivity index (χ0v) is 9.81. The first-order valence-corrected chi connectivity index (χ1v) is 5.81. The Balaban J connectivity index is 1.96. The monoisotopic (exact) mass is 229 g/mol. The molecule has 0 atom stereocenters. The lowest BCUT2D eigenvalue weighted by Gasteiger charge is -2.33. The van der Waals surface area contributed by atoms with Gasteiger partial charge in [0.2, 0.25) is 5.91 Å². The van der Waals surface area contributed by atoms with E-state index in [4.69, 9.17) is 0 Å². The minimum absolute atomic E-state index is 0.182. The number of carbonyl (C=O) groups is 1. The molecule has 4 nitrogen and oxygen atoms in total. The molecule has 0 aliphatic carbocycles. The second kappa shape index (κ2) is 3.80. The first kappa shape index (κ1) is 10.2. The number of hydrogen-bond acceptors (Lipinski definition) is 2. The summed E-state index contributed by atoms with van der Waals surface area (Å²) in [6.45, 7) is 2.15. The Kier molecular flexibility index (Phi) is 2.28. The Bertz CT molecular complexity index is 561. The lowest BCUT2D eigenvalue weighted by Crippen LogP contribution is -2.48. The van der Waals surface area contributed by atoms with Gasteiger partial charge in [-0.3, -0.25) is 4.79 Å². The maximum Gasteiger partial charge on any atom is 0.241 e. The molecule has 1 fully saturated rings. The normalized spacial score (nSPS) is 16.9. The molecule has 1 aliphatic heterocycles. The SMILES string of the molecule is CN1CCN(c2c[nH]c3ccccc23)CC1=O. The number of nitrogens with zero attached hydrogens (tertiary/aromatic N) is 2. The van der Waals surface area contributed by atoms with Crippen molar-refractivity contribution in [3.63, 3.8) is 0 Å². The summed E-state index contributed by atoms with van der Waals surface area (Å²) in [6, 6.07) is 8.18. The zero-order valence-electron chi connectivity index (χ0n) is 9.81. The van der Waals surface area contributed by atoms with Crippen LogP contribution >= 0.6 is 0 Å². The van der Waals surface area contributed by atoms with Crippen LogP contribution in [0.25, 0.3) is 10.9 Å². The first-order chi connectivity index (χ1) is 8.25. The van der Waals surface area contributed by atoms with E-state index in [0.717, 1.165) is 24.3 Å². The van der Waals surface area contributed by atoms with E-state index in [1.54, 1.807) is 4.90 Å². The highest BCUT2D eigenvalue weighted by molar-refractivity contribution is 5.95. The van der Waals surface area contributed by atoms with Gasteiger partial charge in [-0.1, -0.05) is 18.2 Å². The van der Waals surface area contributed by atoms with E-state index >= 15 is 0 Å². The van der Waals surface area contributed by atoms with E-state index in [-0.39, 0.29) is 5.91 Å². The third kappa shape index (κ3) is 1.65. The number of amides is 1. The second-order valence-corrected chi connectivity index (χ2v) is 4.46. The van der Waals surface area contributed by atoms with Crippen LogP contribution in [-0.2, 0) is 4.79 Å². The highest BCUT2D eigenvalue weighted by Crippen LogP contribution is 2.27. The van der Waals surface area contributed by atoms with Gasteiger partial charge in [0, 0.05) is 37.2 Å². The number of aromatic nitrogens is 1. The molecule has 0 bridgehead atoms. The standard InChI is InChI=1S/C13H15N3O/c1-15-6-7-16(9-13(15)17)12-8-14-11-5-3-2-4-10(11)12/h2-5,8,14H,6-7,9H2,1H3. The van der Waals surface area contributed by atoms with Crippen LogP contribution in [0.2, 0.25) is 0 Å². The Hall–Kier alpha value is -1.97. The van der Waals surface area contributed by atoms with Crippen LogP contribution in [0.3, 0.4) is 0 Å². The molecule has 1 aromatic heterocycles. The van der Waals surface area contributed by atoms with Gasteiger partial charge in [0.1, 0.15) is 0 Å². The van der Waals surface area contributed by atoms with E-state index < -0.39 is 0 Å². The van der Waals surface area contributed by atoms with Gasteiger partial charge < -0.3 is 14.8 Å². The summed E-state index contributed by atoms with van der Waals surface area (Å²) >= 11 is 0. The number of hydrogen-bond donors (Lipinski definition) is 1. The molecule has 1 N–H and O–H groups in total. The van der Waals surface area contributed by atoms with Crippen LogP contribution in [0.1, 0.15) is 0 Å². The molecule has 0 saturated carbocycles. The molecule has 2 aromatic rings. The average molecular weight is 229 g/mol. The lowest BCUT2D eigenvalue weighted by atomic mass is 10.2. The summed E-state index contributed by atoms with van der Waals surface area (Å²) in [4.78, 5) is 18.9. The number of H-pyrrole nitrogens is 1. The number of carbonyl (C=O) groups excluding carboxylic acids is 1. The lowest BCUT2D eigenvalue weighted by molar-refractivity contribution is -0.129. The summed E-state index contributed by atoms with van der Waals surface area (Å²) in [5.41, 5.74) is 2.25. The van der Waals surface area contributed by atoms with Gasteiger partial charge in [-0.15, -0.1) is 0 Å². The third-order valence-corrected chi connectivity index (χ3v) is 3.37. The largest absolute Gasteiger partial charge is 0.359 e. The fourth-order valence-electron chi connectivity index (χ4n) is 2.28. The van der Waals surface area contributed by atoms with Crippen molar-refractivity contribution in [2.45, 2.75) is 0 Å². The summed E-state index contributed by atoms with van der Waals surface area (Å²) < 4.78 is 0. The molecule has 17 heavy (non-hydrogen) atoms. The van der Waals surface area contributed by atoms with Gasteiger partial charge >= 0.3 is 0 Å². The molecule has 4 heteroatoms. The number of fused-ring (bicyclic) bond motifs is 1. The Labute approximate surface area is 99.8 Å². The van der Waals surface area contributed by atoms with Crippen molar-refractivity contribution in [3.05, 3.63) is 30.5 Å². The Morgan fingerprint density at radius 1 is 1.24 bits per heavy atom. The summed E-state index contributed by atoms with van der Waals surface area (Å²) in [7, 11) is 1.86. The first-order valence-electron chi connectivity index (χ1n) is 5.81. The van der Waals surface area contributed by atoms with Crippen molar-refractivity contribution < 1.29 is 4.79 Å². The van der Waals surface area contributed by atoms with Crippen molar-refractivity contribution in [2.24, 2.45) is 0 Å². The number of nitrogens with one attached hydrogen (secondary N) is 1. The molecule has 1 saturated heterocycles. The van der Waals surface area contributed by atoms with Gasteiger partial charge in [-0.2, -0.15) is 0 Å². The van der Waals surface area contributed by atoms with Gasteiger partial charge in [0.15, 0.2) is 0 Å². The number of benzene rings is 1. The van der Waals surface area contributed by atoms with Crippen LogP contribution < -0.4 is 4.90 Å². The van der Waals surface area contributed by atoms with E-state index in [1.807, 2.05) is 25.4 Å². The number of piperazine rings is 1. The fourth-order valence-corrected chi connectivity index (χ4v) is 2.28. The molecule has 1 amide bonds. The van der Waals surface area contributed by atoms with Gasteiger partial charge in [-0.25, -0.2) is 0 Å². The Morgan fingerprint density at radius 3 is 2.88 bits per heavy atom. The summed E-state index contributed by atoms with van der Waals surface area (Å²) in [6.07, 6.45) is 1.99. The van der Waals surface area contributed by atoms with Crippen LogP contribution in [0.5, 0.6) is 0 Å². The topological polar surface area (TPSA) is 39.3 Å². The molecule has 88 valence electrons. The van der Waals surface area contributed by atoms with Gasteiger partial charge in [0.25, 0.3) is 0 Å². The molecular formula is C13H15N3O. The van der Waals surface area contributed by atoms with E-state index in [1.165, 1.54) is 5.39 Å². The van der Waals surface area contributed by atoms with Crippen LogP contribution in [0, 0.1) is 0 Å². The molecular weight excluding hydrogens is 214 g/mol. The smallest absolute Gasteiger partial charge is 0.241 e. The number of anilines is 1. The third-order valence-electron chi connectivity index (χ3n) is 3.37. The minimum Gasteiger partial charge on any atom is -0.359 e. The number of aromatic amines is 1. The predicted octanol–water partition coefficient (Wildman–Crippen LogP) is 1.45. The molecule has 0 unspecified atom stereocenters. The van der Waals surface area contributed by atoms with E-state index in [0.29, 0.717) is 6.54 Å². The molecule has 0 spiro atoms. The van der Waals surface area contributed by atoms with Gasteiger partial charge in [-0.05, 0) is 6.07 Å². The second-order valence-electron chi connectivity index (χ2n) is 4.46. The molecule has 2 heterocycles. The number of rotatable bonds is 1. The minimum atomic E-state index is 0.182. The average Bonchev–Trinajstić information content (AvgIpc) is 2.76. The number of para-hydroxylation sites is 1. The summed E-state index contributed by atoms with van der Waals surface area (Å²) in [5, 5.41) is 1.19. The quantitative estimate of drug-likeness (QED) is 0.803. The van der Waals surface area contributed by atoms with Crippen molar-refractivity contribution in [1.82, 2.24) is 9.88 Å². The van der Waals surface area contributed by atoms with Crippen LogP contribution in [0.4, 0.5) is 5.69 Å². The van der Waals surface area contributed by atoms with E-state index in [9.17, 15) is 4.79 Å². The van der Waals surface area contributed by atoms with Crippen molar-refractivity contribution >= 4 is 22.5 Å². The molecule has 3 rings (SSSR count). The van der Waals surface area contributed by atoms with Gasteiger partial charge in [0.05, 0.1) is 12.2 Å². The molecule has 1 aromatic carbocycles. The van der Waals surface area contributed by atoms with Crippen molar-refractivity contribution in [2.75, 3.05) is 31.6 Å².